The molecule has 1 heterocycles. The molecular formula is C21H23N3. The van der Waals surface area contributed by atoms with Crippen LogP contribution >= 0.6 is 0 Å². The SMILES string of the molecule is CCCCc1nc2cc(C)c(C)cc2n1Cc1ccc(C#N)cc1. The minimum atomic E-state index is 0.701. The molecule has 3 rings (SSSR count). The van der Waals surface area contributed by atoms with E-state index in [1.54, 1.807) is 0 Å². The summed E-state index contributed by atoms with van der Waals surface area (Å²) in [5.41, 5.74) is 6.76. The number of aromatic nitrogens is 2. The van der Waals surface area contributed by atoms with Gasteiger partial charge in [0, 0.05) is 13.0 Å². The molecule has 3 nitrogen and oxygen atoms in total. The second-order valence-electron chi connectivity index (χ2n) is 6.45. The molecule has 2 aromatic carbocycles. The summed E-state index contributed by atoms with van der Waals surface area (Å²) in [7, 11) is 0. The number of aryl methyl sites for hydroxylation is 3. The lowest BCUT2D eigenvalue weighted by atomic mass is 10.1. The highest BCUT2D eigenvalue weighted by atomic mass is 15.1. The van der Waals surface area contributed by atoms with Crippen LogP contribution in [0.25, 0.3) is 11.0 Å². The molecule has 0 radical (unpaired) electrons. The van der Waals surface area contributed by atoms with Crippen LogP contribution < -0.4 is 0 Å². The van der Waals surface area contributed by atoms with Crippen molar-refractivity contribution in [1.29, 1.82) is 5.26 Å². The number of nitriles is 1. The van der Waals surface area contributed by atoms with Gasteiger partial charge in [-0.3, -0.25) is 0 Å². The first-order valence-electron chi connectivity index (χ1n) is 8.57. The van der Waals surface area contributed by atoms with E-state index in [1.165, 1.54) is 22.2 Å². The Balaban J connectivity index is 2.05. The lowest BCUT2D eigenvalue weighted by Gasteiger charge is -2.10. The fraction of sp³-hybridized carbons (Fsp3) is 0.333. The van der Waals surface area contributed by atoms with Crippen molar-refractivity contribution in [3.63, 3.8) is 0 Å². The molecule has 0 spiro atoms. The van der Waals surface area contributed by atoms with E-state index in [9.17, 15) is 0 Å². The molecule has 0 saturated carbocycles. The van der Waals surface area contributed by atoms with E-state index < -0.39 is 0 Å². The Hall–Kier alpha value is -2.60. The average Bonchev–Trinajstić information content (AvgIpc) is 2.91. The molecule has 1 aromatic heterocycles. The summed E-state index contributed by atoms with van der Waals surface area (Å²) in [6, 6.07) is 14.5. The van der Waals surface area contributed by atoms with Crippen LogP contribution in [0.2, 0.25) is 0 Å². The summed E-state index contributed by atoms with van der Waals surface area (Å²) >= 11 is 0. The monoisotopic (exact) mass is 317 g/mol. The topological polar surface area (TPSA) is 41.6 Å². The summed E-state index contributed by atoms with van der Waals surface area (Å²) in [6.07, 6.45) is 3.31. The number of fused-ring (bicyclic) bond motifs is 1. The van der Waals surface area contributed by atoms with Gasteiger partial charge in [0.15, 0.2) is 0 Å². The van der Waals surface area contributed by atoms with Crippen LogP contribution in [0.15, 0.2) is 36.4 Å². The minimum Gasteiger partial charge on any atom is -0.323 e. The van der Waals surface area contributed by atoms with Gasteiger partial charge >= 0.3 is 0 Å². The maximum atomic E-state index is 8.96. The molecule has 24 heavy (non-hydrogen) atoms. The maximum absolute atomic E-state index is 8.96. The number of imidazole rings is 1. The van der Waals surface area contributed by atoms with E-state index in [0.29, 0.717) is 5.56 Å². The molecule has 0 fully saturated rings. The van der Waals surface area contributed by atoms with Crippen molar-refractivity contribution in [1.82, 2.24) is 9.55 Å². The zero-order valence-corrected chi connectivity index (χ0v) is 14.6. The Bertz CT molecular complexity index is 895. The molecule has 3 heteroatoms. The maximum Gasteiger partial charge on any atom is 0.110 e. The minimum absolute atomic E-state index is 0.701. The lowest BCUT2D eigenvalue weighted by molar-refractivity contribution is 0.690. The highest BCUT2D eigenvalue weighted by Crippen LogP contribution is 2.23. The van der Waals surface area contributed by atoms with Crippen molar-refractivity contribution in [2.45, 2.75) is 46.6 Å². The van der Waals surface area contributed by atoms with Crippen molar-refractivity contribution in [3.8, 4) is 6.07 Å². The predicted octanol–water partition coefficient (Wildman–Crippen LogP) is 4.92. The summed E-state index contributed by atoms with van der Waals surface area (Å²) in [4.78, 5) is 4.89. The molecule has 0 atom stereocenters. The van der Waals surface area contributed by atoms with E-state index in [4.69, 9.17) is 10.2 Å². The van der Waals surface area contributed by atoms with Gasteiger partial charge in [-0.05, 0) is 61.2 Å². The second-order valence-corrected chi connectivity index (χ2v) is 6.45. The summed E-state index contributed by atoms with van der Waals surface area (Å²) < 4.78 is 2.33. The van der Waals surface area contributed by atoms with Crippen molar-refractivity contribution in [2.75, 3.05) is 0 Å². The summed E-state index contributed by atoms with van der Waals surface area (Å²) in [5.74, 6) is 1.15. The molecule has 0 saturated heterocycles. The van der Waals surface area contributed by atoms with Crippen molar-refractivity contribution in [2.24, 2.45) is 0 Å². The van der Waals surface area contributed by atoms with E-state index in [0.717, 1.165) is 37.1 Å². The molecule has 0 aliphatic heterocycles. The number of hydrogen-bond donors (Lipinski definition) is 0. The molecule has 3 aromatic rings. The zero-order valence-electron chi connectivity index (χ0n) is 14.6. The van der Waals surface area contributed by atoms with E-state index in [2.05, 4.69) is 43.5 Å². The number of rotatable bonds is 5. The average molecular weight is 317 g/mol. The molecule has 0 aliphatic carbocycles. The Morgan fingerprint density at radius 3 is 2.46 bits per heavy atom. The normalized spacial score (nSPS) is 10.9. The first kappa shape index (κ1) is 16.3. The van der Waals surface area contributed by atoms with Gasteiger partial charge in [0.05, 0.1) is 22.7 Å². The number of benzene rings is 2. The molecule has 122 valence electrons. The quantitative estimate of drug-likeness (QED) is 0.670. The third-order valence-corrected chi connectivity index (χ3v) is 4.62. The molecular weight excluding hydrogens is 294 g/mol. The van der Waals surface area contributed by atoms with Crippen molar-refractivity contribution >= 4 is 11.0 Å². The zero-order chi connectivity index (χ0) is 17.1. The fourth-order valence-corrected chi connectivity index (χ4v) is 3.00. The van der Waals surface area contributed by atoms with Crippen molar-refractivity contribution < 1.29 is 0 Å². The second kappa shape index (κ2) is 6.88. The predicted molar refractivity (Wildman–Crippen MR) is 98.1 cm³/mol. The molecule has 0 N–H and O–H groups in total. The Labute approximate surface area is 143 Å². The standard InChI is InChI=1S/C21H23N3/c1-4-5-6-21-23-19-11-15(2)16(3)12-20(19)24(21)14-18-9-7-17(13-22)8-10-18/h7-12H,4-6,14H2,1-3H3. The van der Waals surface area contributed by atoms with Crippen LogP contribution in [0.4, 0.5) is 0 Å². The number of nitrogens with zero attached hydrogens (tertiary/aromatic N) is 3. The van der Waals surface area contributed by atoms with Gasteiger partial charge in [0.2, 0.25) is 0 Å². The smallest absolute Gasteiger partial charge is 0.110 e. The van der Waals surface area contributed by atoms with Crippen LogP contribution in [0.3, 0.4) is 0 Å². The first-order valence-corrected chi connectivity index (χ1v) is 8.57. The molecule has 0 unspecified atom stereocenters. The van der Waals surface area contributed by atoms with Crippen LogP contribution in [-0.2, 0) is 13.0 Å². The van der Waals surface area contributed by atoms with Crippen LogP contribution in [0, 0.1) is 25.2 Å². The van der Waals surface area contributed by atoms with Gasteiger partial charge in [-0.2, -0.15) is 5.26 Å². The third-order valence-electron chi connectivity index (χ3n) is 4.62. The van der Waals surface area contributed by atoms with E-state index in [1.807, 2.05) is 24.3 Å². The number of unbranched alkanes of at least 4 members (excludes halogenated alkanes) is 1. The largest absolute Gasteiger partial charge is 0.323 e. The summed E-state index contributed by atoms with van der Waals surface area (Å²) in [5, 5.41) is 8.96. The molecule has 0 bridgehead atoms. The van der Waals surface area contributed by atoms with Gasteiger partial charge in [0.1, 0.15) is 5.82 Å². The fourth-order valence-electron chi connectivity index (χ4n) is 3.00. The van der Waals surface area contributed by atoms with Crippen LogP contribution in [0.1, 0.15) is 47.8 Å². The van der Waals surface area contributed by atoms with E-state index >= 15 is 0 Å². The van der Waals surface area contributed by atoms with Crippen LogP contribution in [0.5, 0.6) is 0 Å². The lowest BCUT2D eigenvalue weighted by Crippen LogP contribution is -2.05. The Morgan fingerprint density at radius 2 is 1.79 bits per heavy atom. The van der Waals surface area contributed by atoms with E-state index in [-0.39, 0.29) is 0 Å². The highest BCUT2D eigenvalue weighted by molar-refractivity contribution is 5.78. The van der Waals surface area contributed by atoms with Gasteiger partial charge in [0.25, 0.3) is 0 Å². The summed E-state index contributed by atoms with van der Waals surface area (Å²) in [6.45, 7) is 7.30. The van der Waals surface area contributed by atoms with Gasteiger partial charge in [-0.15, -0.1) is 0 Å². The van der Waals surface area contributed by atoms with Crippen LogP contribution in [-0.4, -0.2) is 9.55 Å². The van der Waals surface area contributed by atoms with Gasteiger partial charge in [-0.25, -0.2) is 4.98 Å². The van der Waals surface area contributed by atoms with Gasteiger partial charge < -0.3 is 4.57 Å². The number of hydrogen-bond acceptors (Lipinski definition) is 2. The highest BCUT2D eigenvalue weighted by Gasteiger charge is 2.12. The third kappa shape index (κ3) is 3.19. The molecule has 0 aliphatic rings. The first-order chi connectivity index (χ1) is 11.6. The van der Waals surface area contributed by atoms with Gasteiger partial charge in [-0.1, -0.05) is 25.5 Å². The Kier molecular flexibility index (Phi) is 4.66. The Morgan fingerprint density at radius 1 is 1.08 bits per heavy atom. The molecule has 0 amide bonds. The van der Waals surface area contributed by atoms with Crippen molar-refractivity contribution in [3.05, 3.63) is 64.5 Å².